The van der Waals surface area contributed by atoms with E-state index >= 15 is 0 Å². The number of hydrogen-bond acceptors (Lipinski definition) is 3. The van der Waals surface area contributed by atoms with Crippen molar-refractivity contribution >= 4 is 18.5 Å². The van der Waals surface area contributed by atoms with Crippen LogP contribution in [0.15, 0.2) is 30.3 Å². The second kappa shape index (κ2) is 6.96. The molecular weight excluding hydrogens is 256 g/mol. The summed E-state index contributed by atoms with van der Waals surface area (Å²) in [6.07, 6.45) is 0. The van der Waals surface area contributed by atoms with Crippen LogP contribution < -0.4 is 5.32 Å². The first-order valence-electron chi connectivity index (χ1n) is 6.85. The van der Waals surface area contributed by atoms with E-state index in [4.69, 9.17) is 0 Å². The summed E-state index contributed by atoms with van der Waals surface area (Å²) in [4.78, 5) is 14.4. The topological polar surface area (TPSA) is 32.3 Å². The van der Waals surface area contributed by atoms with Crippen LogP contribution in [0, 0.1) is 11.8 Å². The number of benzene rings is 1. The Bertz CT molecular complexity index is 410. The van der Waals surface area contributed by atoms with Crippen molar-refractivity contribution in [2.24, 2.45) is 11.8 Å². The molecule has 0 saturated carbocycles. The number of thiol groups is 1. The van der Waals surface area contributed by atoms with E-state index in [2.05, 4.69) is 54.0 Å². The molecule has 1 aromatic rings. The Morgan fingerprint density at radius 2 is 2.11 bits per heavy atom. The molecule has 1 aliphatic heterocycles. The molecule has 4 heteroatoms. The maximum Gasteiger partial charge on any atom is 0.224 e. The van der Waals surface area contributed by atoms with Crippen molar-refractivity contribution in [1.29, 1.82) is 0 Å². The van der Waals surface area contributed by atoms with Crippen LogP contribution in [0.1, 0.15) is 12.5 Å². The lowest BCUT2D eigenvalue weighted by molar-refractivity contribution is -0.125. The number of likely N-dealkylation sites (tertiary alicyclic amines) is 1. The normalized spacial score (nSPS) is 23.5. The zero-order chi connectivity index (χ0) is 13.7. The lowest BCUT2D eigenvalue weighted by atomic mass is 9.97. The Morgan fingerprint density at radius 3 is 2.79 bits per heavy atom. The number of nitrogens with one attached hydrogen (secondary N) is 1. The third-order valence-electron chi connectivity index (χ3n) is 3.68. The van der Waals surface area contributed by atoms with E-state index in [1.54, 1.807) is 0 Å². The summed E-state index contributed by atoms with van der Waals surface area (Å²) >= 11 is 4.12. The van der Waals surface area contributed by atoms with Gasteiger partial charge in [-0.05, 0) is 11.5 Å². The van der Waals surface area contributed by atoms with Crippen molar-refractivity contribution < 1.29 is 4.79 Å². The molecule has 2 atom stereocenters. The fourth-order valence-electron chi connectivity index (χ4n) is 2.69. The van der Waals surface area contributed by atoms with Gasteiger partial charge in [0.2, 0.25) is 5.91 Å². The zero-order valence-electron chi connectivity index (χ0n) is 11.4. The van der Waals surface area contributed by atoms with Crippen LogP contribution in [0.5, 0.6) is 0 Å². The Labute approximate surface area is 120 Å². The van der Waals surface area contributed by atoms with Gasteiger partial charge < -0.3 is 5.32 Å². The fraction of sp³-hybridized carbons (Fsp3) is 0.533. The number of hydrogen-bond donors (Lipinski definition) is 2. The number of carbonyl (C=O) groups excluding carboxylic acids is 1. The van der Waals surface area contributed by atoms with Gasteiger partial charge in [0, 0.05) is 31.9 Å². The van der Waals surface area contributed by atoms with E-state index in [1.807, 2.05) is 6.07 Å². The van der Waals surface area contributed by atoms with E-state index in [-0.39, 0.29) is 11.8 Å². The molecule has 19 heavy (non-hydrogen) atoms. The van der Waals surface area contributed by atoms with Crippen LogP contribution in [-0.4, -0.2) is 36.2 Å². The van der Waals surface area contributed by atoms with Gasteiger partial charge in [-0.2, -0.15) is 12.6 Å². The molecule has 2 unspecified atom stereocenters. The van der Waals surface area contributed by atoms with Crippen molar-refractivity contribution in [2.75, 3.05) is 25.4 Å². The minimum Gasteiger partial charge on any atom is -0.355 e. The molecule has 0 spiro atoms. The van der Waals surface area contributed by atoms with Crippen molar-refractivity contribution in [3.8, 4) is 0 Å². The molecule has 0 radical (unpaired) electrons. The highest BCUT2D eigenvalue weighted by Gasteiger charge is 2.34. The number of carbonyl (C=O) groups is 1. The molecule has 0 bridgehead atoms. The molecule has 0 aliphatic carbocycles. The molecular formula is C15H22N2OS. The van der Waals surface area contributed by atoms with E-state index in [0.717, 1.165) is 19.6 Å². The van der Waals surface area contributed by atoms with E-state index < -0.39 is 0 Å². The van der Waals surface area contributed by atoms with Crippen molar-refractivity contribution in [3.05, 3.63) is 35.9 Å². The first kappa shape index (κ1) is 14.4. The molecule has 104 valence electrons. The minimum atomic E-state index is 0.114. The lowest BCUT2D eigenvalue weighted by Gasteiger charge is -2.15. The third-order valence-corrected chi connectivity index (χ3v) is 3.91. The van der Waals surface area contributed by atoms with Gasteiger partial charge in [0.05, 0.1) is 5.92 Å². The van der Waals surface area contributed by atoms with Gasteiger partial charge in [0.25, 0.3) is 0 Å². The maximum absolute atomic E-state index is 12.0. The molecule has 1 amide bonds. The summed E-state index contributed by atoms with van der Waals surface area (Å²) in [5.74, 6) is 1.41. The third kappa shape index (κ3) is 3.98. The Hall–Kier alpha value is -1.00. The highest BCUT2D eigenvalue weighted by atomic mass is 32.1. The summed E-state index contributed by atoms with van der Waals surface area (Å²) in [6.45, 7) is 5.60. The summed E-state index contributed by atoms with van der Waals surface area (Å²) in [6, 6.07) is 10.4. The molecule has 1 N–H and O–H groups in total. The van der Waals surface area contributed by atoms with Crippen LogP contribution in [0.4, 0.5) is 0 Å². The van der Waals surface area contributed by atoms with E-state index in [9.17, 15) is 4.79 Å². The molecule has 1 heterocycles. The van der Waals surface area contributed by atoms with E-state index in [1.165, 1.54) is 5.56 Å². The summed E-state index contributed by atoms with van der Waals surface area (Å²) in [5, 5.41) is 2.95. The van der Waals surface area contributed by atoms with Gasteiger partial charge in [-0.3, -0.25) is 9.69 Å². The predicted octanol–water partition coefficient (Wildman–Crippen LogP) is 1.80. The smallest absolute Gasteiger partial charge is 0.224 e. The first-order valence-corrected chi connectivity index (χ1v) is 7.49. The Balaban J connectivity index is 1.88. The van der Waals surface area contributed by atoms with Crippen LogP contribution in [0.3, 0.4) is 0 Å². The van der Waals surface area contributed by atoms with Crippen molar-refractivity contribution in [1.82, 2.24) is 10.2 Å². The SMILES string of the molecule is CC1CN(Cc2ccccc2)CC1C(=O)NCCS. The van der Waals surface area contributed by atoms with Crippen LogP contribution in [0.25, 0.3) is 0 Å². The Morgan fingerprint density at radius 1 is 1.37 bits per heavy atom. The highest BCUT2D eigenvalue weighted by Crippen LogP contribution is 2.24. The molecule has 3 nitrogen and oxygen atoms in total. The van der Waals surface area contributed by atoms with Gasteiger partial charge in [0.1, 0.15) is 0 Å². The molecule has 1 saturated heterocycles. The van der Waals surface area contributed by atoms with Crippen molar-refractivity contribution in [2.45, 2.75) is 13.5 Å². The molecule has 1 aliphatic rings. The number of amides is 1. The number of rotatable bonds is 5. The second-order valence-electron chi connectivity index (χ2n) is 5.28. The standard InChI is InChI=1S/C15H22N2OS/c1-12-9-17(10-13-5-3-2-4-6-13)11-14(12)15(18)16-7-8-19/h2-6,12,14,19H,7-11H2,1H3,(H,16,18). The van der Waals surface area contributed by atoms with Gasteiger partial charge >= 0.3 is 0 Å². The van der Waals surface area contributed by atoms with Crippen LogP contribution in [-0.2, 0) is 11.3 Å². The molecule has 2 rings (SSSR count). The second-order valence-corrected chi connectivity index (χ2v) is 5.73. The predicted molar refractivity (Wildman–Crippen MR) is 81.2 cm³/mol. The average Bonchev–Trinajstić information content (AvgIpc) is 2.78. The fourth-order valence-corrected chi connectivity index (χ4v) is 2.80. The Kier molecular flexibility index (Phi) is 5.28. The summed E-state index contributed by atoms with van der Waals surface area (Å²) in [7, 11) is 0. The highest BCUT2D eigenvalue weighted by molar-refractivity contribution is 7.80. The molecule has 0 aromatic heterocycles. The van der Waals surface area contributed by atoms with Gasteiger partial charge in [-0.25, -0.2) is 0 Å². The maximum atomic E-state index is 12.0. The summed E-state index contributed by atoms with van der Waals surface area (Å²) < 4.78 is 0. The zero-order valence-corrected chi connectivity index (χ0v) is 12.3. The molecule has 1 aromatic carbocycles. The van der Waals surface area contributed by atoms with Crippen LogP contribution >= 0.6 is 12.6 Å². The first-order chi connectivity index (χ1) is 9.20. The summed E-state index contributed by atoms with van der Waals surface area (Å²) in [5.41, 5.74) is 1.31. The van der Waals surface area contributed by atoms with Gasteiger partial charge in [0.15, 0.2) is 0 Å². The largest absolute Gasteiger partial charge is 0.355 e. The van der Waals surface area contributed by atoms with E-state index in [0.29, 0.717) is 18.2 Å². The van der Waals surface area contributed by atoms with Gasteiger partial charge in [-0.1, -0.05) is 37.3 Å². The lowest BCUT2D eigenvalue weighted by Crippen LogP contribution is -2.35. The molecule has 1 fully saturated rings. The van der Waals surface area contributed by atoms with Gasteiger partial charge in [-0.15, -0.1) is 0 Å². The number of nitrogens with zero attached hydrogens (tertiary/aromatic N) is 1. The minimum absolute atomic E-state index is 0.114. The quantitative estimate of drug-likeness (QED) is 0.805. The van der Waals surface area contributed by atoms with Crippen LogP contribution in [0.2, 0.25) is 0 Å². The average molecular weight is 278 g/mol. The monoisotopic (exact) mass is 278 g/mol. The van der Waals surface area contributed by atoms with Crippen molar-refractivity contribution in [3.63, 3.8) is 0 Å².